The number of benzene rings is 5. The highest BCUT2D eigenvalue weighted by Crippen LogP contribution is 2.50. The van der Waals surface area contributed by atoms with E-state index in [1.807, 2.05) is 0 Å². The monoisotopic (exact) mass is 401 g/mol. The molecule has 5 aromatic carbocycles. The summed E-state index contributed by atoms with van der Waals surface area (Å²) in [7, 11) is 0. The van der Waals surface area contributed by atoms with Gasteiger partial charge in [-0.1, -0.05) is 84.4 Å². The van der Waals surface area contributed by atoms with Crippen LogP contribution in [0.4, 0.5) is 0 Å². The first-order chi connectivity index (χ1) is 14.8. The molecule has 0 amide bonds. The molecule has 1 aliphatic rings. The van der Waals surface area contributed by atoms with Crippen molar-refractivity contribution in [1.29, 1.82) is 0 Å². The molecule has 30 heavy (non-hydrogen) atoms. The summed E-state index contributed by atoms with van der Waals surface area (Å²) in [5.41, 5.74) is 8.58. The predicted octanol–water partition coefficient (Wildman–Crippen LogP) is 8.24. The molecular formula is C28H16ClN. The van der Waals surface area contributed by atoms with Gasteiger partial charge in [-0.25, -0.2) is 0 Å². The van der Waals surface area contributed by atoms with Crippen LogP contribution in [0.5, 0.6) is 0 Å². The molecule has 0 N–H and O–H groups in total. The number of halogens is 1. The molecule has 1 nitrogen and oxygen atoms in total. The van der Waals surface area contributed by atoms with Crippen molar-refractivity contribution in [3.8, 4) is 27.9 Å². The van der Waals surface area contributed by atoms with E-state index in [0.29, 0.717) is 0 Å². The van der Waals surface area contributed by atoms with Gasteiger partial charge in [0.2, 0.25) is 0 Å². The van der Waals surface area contributed by atoms with Gasteiger partial charge in [0.1, 0.15) is 0 Å². The Morgan fingerprint density at radius 3 is 1.90 bits per heavy atom. The Morgan fingerprint density at radius 2 is 1.13 bits per heavy atom. The van der Waals surface area contributed by atoms with Crippen molar-refractivity contribution in [2.45, 2.75) is 0 Å². The smallest absolute Gasteiger partial charge is 0.0562 e. The second-order valence-electron chi connectivity index (χ2n) is 7.90. The van der Waals surface area contributed by atoms with Crippen molar-refractivity contribution >= 4 is 44.2 Å². The summed E-state index contributed by atoms with van der Waals surface area (Å²) >= 11 is 6.88. The van der Waals surface area contributed by atoms with Gasteiger partial charge in [0, 0.05) is 27.2 Å². The minimum Gasteiger partial charge on any atom is -0.309 e. The number of para-hydroxylation sites is 1. The molecule has 0 atom stereocenters. The van der Waals surface area contributed by atoms with Crippen LogP contribution >= 0.6 is 11.6 Å². The highest BCUT2D eigenvalue weighted by atomic mass is 35.5. The average Bonchev–Trinajstić information content (AvgIpc) is 3.06. The Hall–Kier alpha value is -3.55. The summed E-state index contributed by atoms with van der Waals surface area (Å²) in [6.07, 6.45) is 0. The van der Waals surface area contributed by atoms with Crippen LogP contribution in [-0.2, 0) is 0 Å². The first kappa shape index (κ1) is 16.3. The topological polar surface area (TPSA) is 4.93 Å². The molecule has 0 spiro atoms. The molecule has 0 unspecified atom stereocenters. The summed E-state index contributed by atoms with van der Waals surface area (Å²) in [6.45, 7) is 0. The van der Waals surface area contributed by atoms with E-state index in [1.54, 1.807) is 0 Å². The van der Waals surface area contributed by atoms with Gasteiger partial charge in [0.15, 0.2) is 0 Å². The molecule has 0 fully saturated rings. The second-order valence-corrected chi connectivity index (χ2v) is 8.30. The second kappa shape index (κ2) is 5.75. The van der Waals surface area contributed by atoms with Gasteiger partial charge >= 0.3 is 0 Å². The van der Waals surface area contributed by atoms with Crippen LogP contribution in [0.25, 0.3) is 60.5 Å². The fraction of sp³-hybridized carbons (Fsp3) is 0. The molecule has 1 heterocycles. The minimum atomic E-state index is 0.792. The number of fused-ring (bicyclic) bond motifs is 3. The number of hydrogen-bond acceptors (Lipinski definition) is 0. The maximum Gasteiger partial charge on any atom is 0.0562 e. The average molecular weight is 402 g/mol. The Bertz CT molecular complexity index is 1640. The largest absolute Gasteiger partial charge is 0.309 e. The summed E-state index contributed by atoms with van der Waals surface area (Å²) in [6, 6.07) is 34.6. The first-order valence-corrected chi connectivity index (χ1v) is 10.5. The zero-order valence-corrected chi connectivity index (χ0v) is 16.8. The number of nitrogens with zero attached hydrogens (tertiary/aromatic N) is 1. The number of aromatic nitrogens is 1. The van der Waals surface area contributed by atoms with E-state index in [1.165, 1.54) is 43.9 Å². The Labute approximate surface area is 178 Å². The Kier molecular flexibility index (Phi) is 3.12. The Morgan fingerprint density at radius 1 is 0.500 bits per heavy atom. The molecule has 140 valence electrons. The van der Waals surface area contributed by atoms with Gasteiger partial charge in [-0.2, -0.15) is 0 Å². The zero-order valence-electron chi connectivity index (χ0n) is 16.1. The van der Waals surface area contributed by atoms with Crippen molar-refractivity contribution in [2.75, 3.05) is 0 Å². The van der Waals surface area contributed by atoms with E-state index in [0.717, 1.165) is 21.6 Å². The van der Waals surface area contributed by atoms with Crippen LogP contribution in [-0.4, -0.2) is 4.57 Å². The van der Waals surface area contributed by atoms with E-state index in [2.05, 4.69) is 102 Å². The van der Waals surface area contributed by atoms with Crippen molar-refractivity contribution in [3.05, 3.63) is 102 Å². The maximum absolute atomic E-state index is 6.88. The van der Waals surface area contributed by atoms with E-state index < -0.39 is 0 Å². The number of rotatable bonds is 1. The first-order valence-electron chi connectivity index (χ1n) is 10.2. The van der Waals surface area contributed by atoms with E-state index >= 15 is 0 Å². The molecule has 0 radical (unpaired) electrons. The lowest BCUT2D eigenvalue weighted by Crippen LogP contribution is -1.94. The van der Waals surface area contributed by atoms with Gasteiger partial charge in [-0.15, -0.1) is 0 Å². The molecule has 2 heteroatoms. The molecule has 0 saturated heterocycles. The van der Waals surface area contributed by atoms with Crippen LogP contribution < -0.4 is 0 Å². The molecule has 6 aromatic rings. The predicted molar refractivity (Wildman–Crippen MR) is 128 cm³/mol. The quantitative estimate of drug-likeness (QED) is 0.261. The van der Waals surface area contributed by atoms with Crippen molar-refractivity contribution in [3.63, 3.8) is 0 Å². The van der Waals surface area contributed by atoms with E-state index in [9.17, 15) is 0 Å². The highest BCUT2D eigenvalue weighted by molar-refractivity contribution is 6.41. The lowest BCUT2D eigenvalue weighted by Gasteiger charge is -2.14. The van der Waals surface area contributed by atoms with Gasteiger partial charge < -0.3 is 4.57 Å². The van der Waals surface area contributed by atoms with Crippen LogP contribution in [0, 0.1) is 0 Å². The van der Waals surface area contributed by atoms with Crippen molar-refractivity contribution < 1.29 is 0 Å². The van der Waals surface area contributed by atoms with E-state index in [-0.39, 0.29) is 0 Å². The lowest BCUT2D eigenvalue weighted by molar-refractivity contribution is 1.18. The lowest BCUT2D eigenvalue weighted by atomic mass is 9.93. The summed E-state index contributed by atoms with van der Waals surface area (Å²) in [4.78, 5) is 0. The third kappa shape index (κ3) is 1.93. The minimum absolute atomic E-state index is 0.792. The van der Waals surface area contributed by atoms with Gasteiger partial charge in [0.05, 0.1) is 16.1 Å². The molecule has 0 saturated carbocycles. The van der Waals surface area contributed by atoms with Crippen LogP contribution in [0.1, 0.15) is 0 Å². The van der Waals surface area contributed by atoms with Crippen LogP contribution in [0.15, 0.2) is 97.1 Å². The normalized spacial score (nSPS) is 12.2. The molecule has 7 rings (SSSR count). The van der Waals surface area contributed by atoms with Gasteiger partial charge in [-0.3, -0.25) is 0 Å². The molecule has 1 aromatic heterocycles. The fourth-order valence-corrected chi connectivity index (χ4v) is 5.48. The van der Waals surface area contributed by atoms with Crippen molar-refractivity contribution in [2.24, 2.45) is 0 Å². The van der Waals surface area contributed by atoms with Gasteiger partial charge in [0.25, 0.3) is 0 Å². The molecule has 0 aliphatic heterocycles. The number of hydrogen-bond donors (Lipinski definition) is 0. The molecule has 0 bridgehead atoms. The standard InChI is InChI=1S/C28H16ClN/c29-23-16-25-28-26-20(12-6-14-22(23)26)18-10-4-5-11-19(18)21-13-7-15-24(27(21)28)30(25)17-8-2-1-3-9-17/h1-16H. The zero-order chi connectivity index (χ0) is 19.8. The van der Waals surface area contributed by atoms with Crippen molar-refractivity contribution in [1.82, 2.24) is 4.57 Å². The molecular weight excluding hydrogens is 386 g/mol. The van der Waals surface area contributed by atoms with Gasteiger partial charge in [-0.05, 0) is 46.5 Å². The highest BCUT2D eigenvalue weighted by Gasteiger charge is 2.25. The third-order valence-corrected chi connectivity index (χ3v) is 6.70. The van der Waals surface area contributed by atoms with E-state index in [4.69, 9.17) is 11.6 Å². The third-order valence-electron chi connectivity index (χ3n) is 6.39. The maximum atomic E-state index is 6.88. The summed E-state index contributed by atoms with van der Waals surface area (Å²) in [5.74, 6) is 0. The van der Waals surface area contributed by atoms with Crippen LogP contribution in [0.2, 0.25) is 5.02 Å². The van der Waals surface area contributed by atoms with Crippen LogP contribution in [0.3, 0.4) is 0 Å². The summed E-state index contributed by atoms with van der Waals surface area (Å²) < 4.78 is 2.35. The summed E-state index contributed by atoms with van der Waals surface area (Å²) in [5, 5.41) is 5.74. The Balaban J connectivity index is 1.86. The SMILES string of the molecule is Clc1cc2c3c4c(cccc14)-c1ccccc1-c1cccc(c13)n2-c1ccccc1. The fourth-order valence-electron chi connectivity index (χ4n) is 5.22. The molecule has 1 aliphatic carbocycles.